The van der Waals surface area contributed by atoms with E-state index < -0.39 is 0 Å². The van der Waals surface area contributed by atoms with Gasteiger partial charge in [0, 0.05) is 18.8 Å². The molecule has 0 saturated carbocycles. The lowest BCUT2D eigenvalue weighted by Gasteiger charge is -2.17. The molecule has 0 bridgehead atoms. The number of aliphatic imine (C=N–C) groups is 1. The Morgan fingerprint density at radius 2 is 1.88 bits per heavy atom. The SMILES string of the molecule is CCN(CC)CC(C)=NNC(N)=NCC(C)C. The maximum atomic E-state index is 5.68. The molecule has 5 heteroatoms. The Balaban J connectivity index is 4.09. The highest BCUT2D eigenvalue weighted by Crippen LogP contribution is 1.91. The van der Waals surface area contributed by atoms with Crippen molar-refractivity contribution in [2.75, 3.05) is 26.2 Å². The van der Waals surface area contributed by atoms with E-state index in [2.05, 4.69) is 48.1 Å². The van der Waals surface area contributed by atoms with Crippen molar-refractivity contribution in [3.05, 3.63) is 0 Å². The first-order valence-corrected chi connectivity index (χ1v) is 6.31. The molecule has 0 atom stereocenters. The van der Waals surface area contributed by atoms with Gasteiger partial charge in [0.05, 0.1) is 0 Å². The molecule has 0 aliphatic rings. The van der Waals surface area contributed by atoms with Crippen molar-refractivity contribution in [1.29, 1.82) is 0 Å². The fourth-order valence-corrected chi connectivity index (χ4v) is 1.28. The largest absolute Gasteiger partial charge is 0.369 e. The van der Waals surface area contributed by atoms with E-state index in [-0.39, 0.29) is 0 Å². The van der Waals surface area contributed by atoms with Gasteiger partial charge in [-0.25, -0.2) is 5.43 Å². The normalized spacial score (nSPS) is 13.6. The molecule has 0 aromatic heterocycles. The quantitative estimate of drug-likeness (QED) is 0.401. The van der Waals surface area contributed by atoms with E-state index in [1.54, 1.807) is 0 Å². The predicted molar refractivity (Wildman–Crippen MR) is 75.4 cm³/mol. The summed E-state index contributed by atoms with van der Waals surface area (Å²) in [6, 6.07) is 0. The number of nitrogens with one attached hydrogen (secondary N) is 1. The zero-order valence-electron chi connectivity index (χ0n) is 11.8. The van der Waals surface area contributed by atoms with Crippen molar-refractivity contribution < 1.29 is 0 Å². The van der Waals surface area contributed by atoms with Crippen LogP contribution in [0.1, 0.15) is 34.6 Å². The monoisotopic (exact) mass is 241 g/mol. The summed E-state index contributed by atoms with van der Waals surface area (Å²) < 4.78 is 0. The molecule has 0 aromatic carbocycles. The highest BCUT2D eigenvalue weighted by Gasteiger charge is 2.00. The molecular formula is C12H27N5. The number of hydrazone groups is 1. The van der Waals surface area contributed by atoms with Crippen LogP contribution in [0.25, 0.3) is 0 Å². The molecule has 0 saturated heterocycles. The molecule has 0 unspecified atom stereocenters. The van der Waals surface area contributed by atoms with Crippen LogP contribution in [-0.4, -0.2) is 42.8 Å². The Kier molecular flexibility index (Phi) is 8.40. The summed E-state index contributed by atoms with van der Waals surface area (Å²) >= 11 is 0. The van der Waals surface area contributed by atoms with Crippen molar-refractivity contribution in [2.24, 2.45) is 21.7 Å². The van der Waals surface area contributed by atoms with Gasteiger partial charge >= 0.3 is 0 Å². The van der Waals surface area contributed by atoms with Gasteiger partial charge in [-0.15, -0.1) is 0 Å². The second-order valence-electron chi connectivity index (χ2n) is 4.54. The molecule has 0 amide bonds. The number of hydrogen-bond donors (Lipinski definition) is 2. The van der Waals surface area contributed by atoms with E-state index in [1.807, 2.05) is 6.92 Å². The van der Waals surface area contributed by atoms with Crippen molar-refractivity contribution in [2.45, 2.75) is 34.6 Å². The summed E-state index contributed by atoms with van der Waals surface area (Å²) in [5, 5.41) is 4.21. The lowest BCUT2D eigenvalue weighted by Crippen LogP contribution is -2.32. The van der Waals surface area contributed by atoms with Gasteiger partial charge < -0.3 is 5.73 Å². The molecule has 0 aromatic rings. The van der Waals surface area contributed by atoms with Crippen LogP contribution in [0.2, 0.25) is 0 Å². The molecule has 0 heterocycles. The predicted octanol–water partition coefficient (Wildman–Crippen LogP) is 1.26. The third-order valence-corrected chi connectivity index (χ3v) is 2.33. The standard InChI is InChI=1S/C12H27N5/c1-6-17(7-2)9-11(5)15-16-12(13)14-8-10(3)4/h10H,6-9H2,1-5H3,(H3,13,14,16). The van der Waals surface area contributed by atoms with Crippen molar-refractivity contribution >= 4 is 11.7 Å². The molecule has 3 N–H and O–H groups in total. The average molecular weight is 241 g/mol. The van der Waals surface area contributed by atoms with Crippen molar-refractivity contribution in [1.82, 2.24) is 10.3 Å². The van der Waals surface area contributed by atoms with E-state index in [0.29, 0.717) is 11.9 Å². The number of hydrogen-bond acceptors (Lipinski definition) is 3. The van der Waals surface area contributed by atoms with Crippen LogP contribution in [0, 0.1) is 5.92 Å². The molecule has 100 valence electrons. The minimum atomic E-state index is 0.387. The maximum Gasteiger partial charge on any atom is 0.209 e. The summed E-state index contributed by atoms with van der Waals surface area (Å²) in [6.07, 6.45) is 0. The van der Waals surface area contributed by atoms with Crippen LogP contribution in [0.3, 0.4) is 0 Å². The van der Waals surface area contributed by atoms with Gasteiger partial charge in [0.25, 0.3) is 0 Å². The number of guanidine groups is 1. The second-order valence-corrected chi connectivity index (χ2v) is 4.54. The zero-order valence-corrected chi connectivity index (χ0v) is 11.8. The Morgan fingerprint density at radius 3 is 2.35 bits per heavy atom. The van der Waals surface area contributed by atoms with Gasteiger partial charge in [0.2, 0.25) is 5.96 Å². The summed E-state index contributed by atoms with van der Waals surface area (Å²) in [5.41, 5.74) is 9.48. The molecule has 0 aliphatic carbocycles. The molecule has 0 fully saturated rings. The summed E-state index contributed by atoms with van der Waals surface area (Å²) in [7, 11) is 0. The minimum Gasteiger partial charge on any atom is -0.369 e. The minimum absolute atomic E-state index is 0.387. The summed E-state index contributed by atoms with van der Waals surface area (Å²) in [4.78, 5) is 6.47. The number of nitrogens with two attached hydrogens (primary N) is 1. The van der Waals surface area contributed by atoms with Crippen molar-refractivity contribution in [3.63, 3.8) is 0 Å². The smallest absolute Gasteiger partial charge is 0.209 e. The molecule has 5 nitrogen and oxygen atoms in total. The topological polar surface area (TPSA) is 66.0 Å². The third kappa shape index (κ3) is 8.68. The van der Waals surface area contributed by atoms with E-state index >= 15 is 0 Å². The van der Waals surface area contributed by atoms with Crippen LogP contribution >= 0.6 is 0 Å². The second kappa shape index (κ2) is 8.98. The maximum absolute atomic E-state index is 5.68. The fraction of sp³-hybridized carbons (Fsp3) is 0.833. The van der Waals surface area contributed by atoms with Gasteiger partial charge in [0.15, 0.2) is 0 Å². The zero-order chi connectivity index (χ0) is 13.3. The van der Waals surface area contributed by atoms with Crippen LogP contribution in [0.5, 0.6) is 0 Å². The van der Waals surface area contributed by atoms with Gasteiger partial charge in [-0.1, -0.05) is 27.7 Å². The first kappa shape index (κ1) is 15.9. The van der Waals surface area contributed by atoms with Crippen molar-refractivity contribution in [3.8, 4) is 0 Å². The molecular weight excluding hydrogens is 214 g/mol. The van der Waals surface area contributed by atoms with E-state index in [9.17, 15) is 0 Å². The van der Waals surface area contributed by atoms with Crippen LogP contribution in [0.4, 0.5) is 0 Å². The number of rotatable bonds is 7. The molecule has 17 heavy (non-hydrogen) atoms. The number of nitrogens with zero attached hydrogens (tertiary/aromatic N) is 3. The van der Waals surface area contributed by atoms with Gasteiger partial charge in [-0.3, -0.25) is 9.89 Å². The molecule has 0 rings (SSSR count). The first-order chi connectivity index (χ1) is 7.99. The van der Waals surface area contributed by atoms with Gasteiger partial charge in [-0.2, -0.15) is 5.10 Å². The van der Waals surface area contributed by atoms with E-state index in [4.69, 9.17) is 5.73 Å². The first-order valence-electron chi connectivity index (χ1n) is 6.31. The van der Waals surface area contributed by atoms with Crippen LogP contribution < -0.4 is 11.2 Å². The summed E-state index contributed by atoms with van der Waals surface area (Å²) in [5.74, 6) is 0.897. The Hall–Kier alpha value is -1.10. The average Bonchev–Trinajstić information content (AvgIpc) is 2.30. The van der Waals surface area contributed by atoms with E-state index in [0.717, 1.165) is 31.9 Å². The van der Waals surface area contributed by atoms with Gasteiger partial charge in [0.1, 0.15) is 0 Å². The fourth-order valence-electron chi connectivity index (χ4n) is 1.28. The van der Waals surface area contributed by atoms with Gasteiger partial charge in [-0.05, 0) is 25.9 Å². The molecule has 0 spiro atoms. The Morgan fingerprint density at radius 1 is 1.29 bits per heavy atom. The molecule has 0 aliphatic heterocycles. The lowest BCUT2D eigenvalue weighted by molar-refractivity contribution is 0.346. The molecule has 0 radical (unpaired) electrons. The Bertz CT molecular complexity index is 254. The third-order valence-electron chi connectivity index (χ3n) is 2.33. The highest BCUT2D eigenvalue weighted by atomic mass is 15.4. The Labute approximate surface area is 105 Å². The van der Waals surface area contributed by atoms with Crippen LogP contribution in [-0.2, 0) is 0 Å². The van der Waals surface area contributed by atoms with E-state index in [1.165, 1.54) is 0 Å². The lowest BCUT2D eigenvalue weighted by atomic mass is 10.2. The summed E-state index contributed by atoms with van der Waals surface area (Å²) in [6.45, 7) is 14.1. The van der Waals surface area contributed by atoms with Crippen LogP contribution in [0.15, 0.2) is 10.1 Å². The highest BCUT2D eigenvalue weighted by molar-refractivity contribution is 5.86.